The minimum atomic E-state index is -3.35. The molecule has 1 amide bonds. The van der Waals surface area contributed by atoms with Gasteiger partial charge in [0, 0.05) is 22.8 Å². The molecule has 3 aromatic carbocycles. The number of sulfonamides is 1. The summed E-state index contributed by atoms with van der Waals surface area (Å²) >= 11 is 6.08. The van der Waals surface area contributed by atoms with Crippen molar-refractivity contribution in [1.82, 2.24) is 0 Å². The third kappa shape index (κ3) is 5.08. The Morgan fingerprint density at radius 3 is 2.56 bits per heavy atom. The number of hydrogen-bond donors (Lipinski definition) is 1. The number of carbonyl (C=O) groups excluding carboxylic acids is 2. The predicted octanol–water partition coefficient (Wildman–Crippen LogP) is 4.57. The molecule has 3 aromatic rings. The number of hydrogen-bond acceptors (Lipinski definition) is 5. The zero-order valence-electron chi connectivity index (χ0n) is 18.5. The maximum Gasteiger partial charge on any atom is 0.259 e. The van der Waals surface area contributed by atoms with Gasteiger partial charge in [-0.05, 0) is 67.4 Å². The van der Waals surface area contributed by atoms with Crippen molar-refractivity contribution in [2.75, 3.05) is 28.5 Å². The van der Waals surface area contributed by atoms with Gasteiger partial charge in [-0.3, -0.25) is 13.9 Å². The van der Waals surface area contributed by atoms with Crippen molar-refractivity contribution in [1.29, 1.82) is 0 Å². The number of nitrogens with one attached hydrogen (secondary N) is 1. The molecule has 9 heteroatoms. The van der Waals surface area contributed by atoms with E-state index in [0.717, 1.165) is 5.56 Å². The molecular formula is C25H23ClN2O5S. The van der Waals surface area contributed by atoms with Gasteiger partial charge in [-0.1, -0.05) is 29.8 Å². The highest BCUT2D eigenvalue weighted by molar-refractivity contribution is 7.92. The van der Waals surface area contributed by atoms with Crippen molar-refractivity contribution < 1.29 is 22.7 Å². The second kappa shape index (κ2) is 9.87. The van der Waals surface area contributed by atoms with E-state index in [-0.39, 0.29) is 29.5 Å². The SMILES string of the molecule is CCS(=O)(=O)N1CCc2cc(C(=O)COc3ccc(Cl)cc3C(=O)Nc3ccccc3)ccc21. The lowest BCUT2D eigenvalue weighted by molar-refractivity contribution is 0.0914. The van der Waals surface area contributed by atoms with Crippen LogP contribution in [0.15, 0.2) is 66.7 Å². The molecular weight excluding hydrogens is 476 g/mol. The monoisotopic (exact) mass is 498 g/mol. The van der Waals surface area contributed by atoms with E-state index < -0.39 is 15.9 Å². The number of rotatable bonds is 8. The summed E-state index contributed by atoms with van der Waals surface area (Å²) < 4.78 is 31.6. The van der Waals surface area contributed by atoms with Crippen LogP contribution in [0.3, 0.4) is 0 Å². The highest BCUT2D eigenvalue weighted by atomic mass is 35.5. The molecule has 1 aliphatic heterocycles. The molecule has 0 fully saturated rings. The van der Waals surface area contributed by atoms with Crippen molar-refractivity contribution in [2.24, 2.45) is 0 Å². The molecule has 7 nitrogen and oxygen atoms in total. The smallest absolute Gasteiger partial charge is 0.259 e. The number of Topliss-reactive ketones (excluding diaryl/α,β-unsaturated/α-hetero) is 1. The number of fused-ring (bicyclic) bond motifs is 1. The third-order valence-corrected chi connectivity index (χ3v) is 7.55. The fourth-order valence-corrected chi connectivity index (χ4v) is 5.07. The van der Waals surface area contributed by atoms with Crippen LogP contribution >= 0.6 is 11.6 Å². The topological polar surface area (TPSA) is 92.8 Å². The highest BCUT2D eigenvalue weighted by Crippen LogP contribution is 2.31. The Balaban J connectivity index is 1.48. The molecule has 0 bridgehead atoms. The Hall–Kier alpha value is -3.36. The van der Waals surface area contributed by atoms with E-state index in [0.29, 0.717) is 34.9 Å². The average molecular weight is 499 g/mol. The molecule has 0 saturated carbocycles. The number of para-hydroxylation sites is 1. The van der Waals surface area contributed by atoms with E-state index in [2.05, 4.69) is 5.32 Å². The van der Waals surface area contributed by atoms with Crippen molar-refractivity contribution in [3.63, 3.8) is 0 Å². The van der Waals surface area contributed by atoms with Crippen LogP contribution < -0.4 is 14.4 Å². The molecule has 0 unspecified atom stereocenters. The second-order valence-electron chi connectivity index (χ2n) is 7.74. The number of anilines is 2. The molecule has 0 aromatic heterocycles. The van der Waals surface area contributed by atoms with Crippen molar-refractivity contribution in [3.05, 3.63) is 88.4 Å². The van der Waals surface area contributed by atoms with Gasteiger partial charge in [-0.25, -0.2) is 8.42 Å². The zero-order chi connectivity index (χ0) is 24.3. The van der Waals surface area contributed by atoms with E-state index in [1.807, 2.05) is 6.07 Å². The van der Waals surface area contributed by atoms with Gasteiger partial charge in [0.2, 0.25) is 10.0 Å². The Labute approximate surface area is 203 Å². The summed E-state index contributed by atoms with van der Waals surface area (Å²) in [6, 6.07) is 18.5. The van der Waals surface area contributed by atoms with Gasteiger partial charge in [-0.15, -0.1) is 0 Å². The van der Waals surface area contributed by atoms with Gasteiger partial charge in [0.05, 0.1) is 17.0 Å². The fraction of sp³-hybridized carbons (Fsp3) is 0.200. The highest BCUT2D eigenvalue weighted by Gasteiger charge is 2.28. The number of benzene rings is 3. The Kier molecular flexibility index (Phi) is 6.90. The lowest BCUT2D eigenvalue weighted by Gasteiger charge is -2.18. The van der Waals surface area contributed by atoms with Crippen LogP contribution in [0.1, 0.15) is 33.2 Å². The van der Waals surface area contributed by atoms with E-state index in [1.165, 1.54) is 10.4 Å². The summed E-state index contributed by atoms with van der Waals surface area (Å²) in [5.41, 5.74) is 2.65. The molecule has 0 saturated heterocycles. The standard InChI is InChI=1S/C25H23ClN2O5S/c1-2-34(31,32)28-13-12-17-14-18(8-10-22(17)28)23(29)16-33-24-11-9-19(26)15-21(24)25(30)27-20-6-4-3-5-7-20/h3-11,14-15H,2,12-13,16H2,1H3,(H,27,30). The minimum absolute atomic E-state index is 0.0161. The van der Waals surface area contributed by atoms with E-state index in [1.54, 1.807) is 61.5 Å². The number of carbonyl (C=O) groups is 2. The molecule has 0 aliphatic carbocycles. The van der Waals surface area contributed by atoms with Gasteiger partial charge < -0.3 is 10.1 Å². The summed E-state index contributed by atoms with van der Waals surface area (Å²) in [4.78, 5) is 25.6. The number of amides is 1. The predicted molar refractivity (Wildman–Crippen MR) is 133 cm³/mol. The molecule has 0 radical (unpaired) electrons. The molecule has 4 rings (SSSR count). The Morgan fingerprint density at radius 2 is 1.82 bits per heavy atom. The van der Waals surface area contributed by atoms with Crippen LogP contribution in [0.4, 0.5) is 11.4 Å². The van der Waals surface area contributed by atoms with Crippen LogP contribution in [0.2, 0.25) is 5.02 Å². The average Bonchev–Trinajstić information content (AvgIpc) is 3.28. The molecule has 176 valence electrons. The van der Waals surface area contributed by atoms with Crippen LogP contribution in [-0.4, -0.2) is 39.0 Å². The summed E-state index contributed by atoms with van der Waals surface area (Å²) in [6.07, 6.45) is 0.539. The summed E-state index contributed by atoms with van der Waals surface area (Å²) in [5, 5.41) is 3.14. The maximum atomic E-state index is 12.8. The van der Waals surface area contributed by atoms with E-state index in [4.69, 9.17) is 16.3 Å². The maximum absolute atomic E-state index is 12.8. The molecule has 1 aliphatic rings. The van der Waals surface area contributed by atoms with Gasteiger partial charge in [0.1, 0.15) is 5.75 Å². The van der Waals surface area contributed by atoms with Crippen molar-refractivity contribution in [2.45, 2.75) is 13.3 Å². The van der Waals surface area contributed by atoms with E-state index >= 15 is 0 Å². The quantitative estimate of drug-likeness (QED) is 0.459. The normalized spacial score (nSPS) is 12.8. The minimum Gasteiger partial charge on any atom is -0.485 e. The Bertz CT molecular complexity index is 1340. The Morgan fingerprint density at radius 1 is 1.06 bits per heavy atom. The molecule has 0 atom stereocenters. The van der Waals surface area contributed by atoms with Gasteiger partial charge >= 0.3 is 0 Å². The lowest BCUT2D eigenvalue weighted by Crippen LogP contribution is -2.30. The fourth-order valence-electron chi connectivity index (χ4n) is 3.74. The van der Waals surface area contributed by atoms with Crippen molar-refractivity contribution in [3.8, 4) is 5.75 Å². The third-order valence-electron chi connectivity index (χ3n) is 5.53. The second-order valence-corrected chi connectivity index (χ2v) is 10.4. The molecule has 0 spiro atoms. The van der Waals surface area contributed by atoms with Crippen LogP contribution in [0.25, 0.3) is 0 Å². The van der Waals surface area contributed by atoms with Gasteiger partial charge in [0.15, 0.2) is 12.4 Å². The van der Waals surface area contributed by atoms with Crippen molar-refractivity contribution >= 4 is 44.7 Å². The summed E-state index contributed by atoms with van der Waals surface area (Å²) in [6.45, 7) is 1.68. The zero-order valence-corrected chi connectivity index (χ0v) is 20.0. The number of ketones is 1. The number of ether oxygens (including phenoxy) is 1. The van der Waals surface area contributed by atoms with Crippen LogP contribution in [-0.2, 0) is 16.4 Å². The lowest BCUT2D eigenvalue weighted by atomic mass is 10.1. The number of halogens is 1. The summed E-state index contributed by atoms with van der Waals surface area (Å²) in [7, 11) is -3.35. The first-order valence-electron chi connectivity index (χ1n) is 10.7. The molecule has 34 heavy (non-hydrogen) atoms. The first kappa shape index (κ1) is 23.8. The molecule has 1 N–H and O–H groups in total. The summed E-state index contributed by atoms with van der Waals surface area (Å²) in [5.74, 6) is -0.454. The molecule has 1 heterocycles. The van der Waals surface area contributed by atoms with Crippen LogP contribution in [0, 0.1) is 0 Å². The van der Waals surface area contributed by atoms with Crippen LogP contribution in [0.5, 0.6) is 5.75 Å². The van der Waals surface area contributed by atoms with E-state index in [9.17, 15) is 18.0 Å². The van der Waals surface area contributed by atoms with Gasteiger partial charge in [0.25, 0.3) is 5.91 Å². The first-order valence-corrected chi connectivity index (χ1v) is 12.7. The largest absolute Gasteiger partial charge is 0.485 e. The van der Waals surface area contributed by atoms with Gasteiger partial charge in [-0.2, -0.15) is 0 Å². The first-order chi connectivity index (χ1) is 16.3. The number of nitrogens with zero attached hydrogens (tertiary/aromatic N) is 1.